The van der Waals surface area contributed by atoms with E-state index in [1.165, 1.54) is 44.9 Å². The van der Waals surface area contributed by atoms with Crippen LogP contribution in [0.5, 0.6) is 0 Å². The fourth-order valence-electron chi connectivity index (χ4n) is 4.74. The Morgan fingerprint density at radius 2 is 1.79 bits per heavy atom. The molecular formula is C16H29NO2. The van der Waals surface area contributed by atoms with E-state index in [1.807, 2.05) is 0 Å². The van der Waals surface area contributed by atoms with E-state index in [0.717, 1.165) is 25.7 Å². The number of aliphatic hydroxyl groups excluding tert-OH is 1. The van der Waals surface area contributed by atoms with Crippen molar-refractivity contribution in [2.45, 2.75) is 88.4 Å². The standard InChI is InChI=1S/C16H29NO2/c17-12-15(7-4-5-14(15)18)11-13-6-10-16(19-13)8-2-1-3-9-16/h13-14,18H,1-12,17H2. The van der Waals surface area contributed by atoms with Crippen LogP contribution >= 0.6 is 0 Å². The van der Waals surface area contributed by atoms with E-state index in [0.29, 0.717) is 12.6 Å². The first-order chi connectivity index (χ1) is 9.18. The highest BCUT2D eigenvalue weighted by molar-refractivity contribution is 4.98. The summed E-state index contributed by atoms with van der Waals surface area (Å²) >= 11 is 0. The van der Waals surface area contributed by atoms with Crippen molar-refractivity contribution in [1.82, 2.24) is 0 Å². The van der Waals surface area contributed by atoms with Gasteiger partial charge in [-0.05, 0) is 44.9 Å². The Labute approximate surface area is 116 Å². The van der Waals surface area contributed by atoms with Gasteiger partial charge in [0.15, 0.2) is 0 Å². The zero-order valence-corrected chi connectivity index (χ0v) is 12.1. The fourth-order valence-corrected chi connectivity index (χ4v) is 4.74. The summed E-state index contributed by atoms with van der Waals surface area (Å²) in [5, 5.41) is 10.3. The summed E-state index contributed by atoms with van der Waals surface area (Å²) in [7, 11) is 0. The van der Waals surface area contributed by atoms with E-state index in [4.69, 9.17) is 10.5 Å². The molecule has 3 rings (SSSR count). The molecule has 3 atom stereocenters. The van der Waals surface area contributed by atoms with Gasteiger partial charge in [0.2, 0.25) is 0 Å². The van der Waals surface area contributed by atoms with Gasteiger partial charge in [0, 0.05) is 12.0 Å². The molecule has 0 aromatic rings. The molecule has 2 saturated carbocycles. The maximum absolute atomic E-state index is 10.3. The Morgan fingerprint density at radius 3 is 2.42 bits per heavy atom. The van der Waals surface area contributed by atoms with E-state index in [2.05, 4.69) is 0 Å². The average Bonchev–Trinajstić information content (AvgIpc) is 2.97. The average molecular weight is 267 g/mol. The molecule has 3 N–H and O–H groups in total. The van der Waals surface area contributed by atoms with Crippen LogP contribution in [0.4, 0.5) is 0 Å². The first-order valence-corrected chi connectivity index (χ1v) is 8.24. The fraction of sp³-hybridized carbons (Fsp3) is 1.00. The predicted molar refractivity (Wildman–Crippen MR) is 75.9 cm³/mol. The van der Waals surface area contributed by atoms with Crippen molar-refractivity contribution in [2.24, 2.45) is 11.1 Å². The molecule has 3 heteroatoms. The SMILES string of the molecule is NCC1(CC2CCC3(CCCCC3)O2)CCCC1O. The minimum absolute atomic E-state index is 0.0507. The lowest BCUT2D eigenvalue weighted by Crippen LogP contribution is -2.41. The summed E-state index contributed by atoms with van der Waals surface area (Å²) in [5.41, 5.74) is 6.14. The van der Waals surface area contributed by atoms with Crippen molar-refractivity contribution >= 4 is 0 Å². The van der Waals surface area contributed by atoms with Gasteiger partial charge in [0.1, 0.15) is 0 Å². The minimum Gasteiger partial charge on any atom is -0.392 e. The van der Waals surface area contributed by atoms with Gasteiger partial charge >= 0.3 is 0 Å². The molecule has 0 bridgehead atoms. The second-order valence-electron chi connectivity index (χ2n) is 7.20. The van der Waals surface area contributed by atoms with Crippen molar-refractivity contribution in [3.05, 3.63) is 0 Å². The van der Waals surface area contributed by atoms with Gasteiger partial charge in [0.25, 0.3) is 0 Å². The van der Waals surface area contributed by atoms with Crippen molar-refractivity contribution in [2.75, 3.05) is 6.54 Å². The first-order valence-electron chi connectivity index (χ1n) is 8.24. The Bertz CT molecular complexity index is 314. The van der Waals surface area contributed by atoms with E-state index in [-0.39, 0.29) is 17.1 Å². The van der Waals surface area contributed by atoms with E-state index < -0.39 is 0 Å². The summed E-state index contributed by atoms with van der Waals surface area (Å²) in [5.74, 6) is 0. The molecule has 0 amide bonds. The number of aliphatic hydroxyl groups is 1. The lowest BCUT2D eigenvalue weighted by Gasteiger charge is -2.37. The van der Waals surface area contributed by atoms with Gasteiger partial charge in [0.05, 0.1) is 17.8 Å². The molecule has 1 saturated heterocycles. The highest BCUT2D eigenvalue weighted by atomic mass is 16.5. The number of hydrogen-bond acceptors (Lipinski definition) is 3. The molecule has 19 heavy (non-hydrogen) atoms. The van der Waals surface area contributed by atoms with Crippen molar-refractivity contribution in [3.63, 3.8) is 0 Å². The highest BCUT2D eigenvalue weighted by Gasteiger charge is 2.47. The quantitative estimate of drug-likeness (QED) is 0.826. The third kappa shape index (κ3) is 2.57. The largest absolute Gasteiger partial charge is 0.392 e. The predicted octanol–water partition coefficient (Wildman–Crippen LogP) is 2.75. The summed E-state index contributed by atoms with van der Waals surface area (Å²) < 4.78 is 6.46. The Balaban J connectivity index is 1.62. The molecule has 3 unspecified atom stereocenters. The lowest BCUT2D eigenvalue weighted by atomic mass is 9.78. The van der Waals surface area contributed by atoms with E-state index >= 15 is 0 Å². The van der Waals surface area contributed by atoms with E-state index in [9.17, 15) is 5.11 Å². The molecule has 0 aromatic carbocycles. The maximum atomic E-state index is 10.3. The Hall–Kier alpha value is -0.120. The van der Waals surface area contributed by atoms with Crippen LogP contribution in [0.3, 0.4) is 0 Å². The number of ether oxygens (including phenoxy) is 1. The van der Waals surface area contributed by atoms with Gasteiger partial charge < -0.3 is 15.6 Å². The summed E-state index contributed by atoms with van der Waals surface area (Å²) in [4.78, 5) is 0. The third-order valence-electron chi connectivity index (χ3n) is 6.00. The minimum atomic E-state index is -0.205. The summed E-state index contributed by atoms with van der Waals surface area (Å²) in [6.07, 6.45) is 13.2. The Kier molecular flexibility index (Phi) is 3.89. The number of nitrogens with two attached hydrogens (primary N) is 1. The molecule has 2 aliphatic carbocycles. The van der Waals surface area contributed by atoms with Crippen LogP contribution in [0.2, 0.25) is 0 Å². The molecule has 110 valence electrons. The van der Waals surface area contributed by atoms with Gasteiger partial charge in [-0.2, -0.15) is 0 Å². The van der Waals surface area contributed by atoms with E-state index in [1.54, 1.807) is 0 Å². The molecule has 1 heterocycles. The normalized spacial score (nSPS) is 42.0. The van der Waals surface area contributed by atoms with Crippen LogP contribution in [0, 0.1) is 5.41 Å². The van der Waals surface area contributed by atoms with Crippen LogP contribution in [-0.2, 0) is 4.74 Å². The van der Waals surface area contributed by atoms with Gasteiger partial charge in [-0.15, -0.1) is 0 Å². The third-order valence-corrected chi connectivity index (χ3v) is 6.00. The summed E-state index contributed by atoms with van der Waals surface area (Å²) in [6.45, 7) is 0.612. The van der Waals surface area contributed by atoms with Gasteiger partial charge in [-0.3, -0.25) is 0 Å². The second-order valence-corrected chi connectivity index (χ2v) is 7.20. The lowest BCUT2D eigenvalue weighted by molar-refractivity contribution is -0.0857. The van der Waals surface area contributed by atoms with Crippen LogP contribution in [0.25, 0.3) is 0 Å². The van der Waals surface area contributed by atoms with Gasteiger partial charge in [-0.1, -0.05) is 25.7 Å². The van der Waals surface area contributed by atoms with Crippen molar-refractivity contribution < 1.29 is 9.84 Å². The van der Waals surface area contributed by atoms with Crippen LogP contribution in [0.15, 0.2) is 0 Å². The molecule has 0 aromatic heterocycles. The smallest absolute Gasteiger partial charge is 0.0687 e. The first kappa shape index (κ1) is 13.8. The monoisotopic (exact) mass is 267 g/mol. The number of rotatable bonds is 3. The molecular weight excluding hydrogens is 238 g/mol. The number of hydrogen-bond donors (Lipinski definition) is 2. The molecule has 1 aliphatic heterocycles. The maximum Gasteiger partial charge on any atom is 0.0687 e. The molecule has 0 radical (unpaired) electrons. The molecule has 3 nitrogen and oxygen atoms in total. The van der Waals surface area contributed by atoms with Gasteiger partial charge in [-0.25, -0.2) is 0 Å². The van der Waals surface area contributed by atoms with Crippen LogP contribution < -0.4 is 5.73 Å². The van der Waals surface area contributed by atoms with Crippen molar-refractivity contribution in [1.29, 1.82) is 0 Å². The van der Waals surface area contributed by atoms with Crippen LogP contribution in [0.1, 0.15) is 70.6 Å². The highest BCUT2D eigenvalue weighted by Crippen LogP contribution is 2.48. The van der Waals surface area contributed by atoms with Crippen LogP contribution in [-0.4, -0.2) is 29.5 Å². The summed E-state index contributed by atoms with van der Waals surface area (Å²) in [6, 6.07) is 0. The topological polar surface area (TPSA) is 55.5 Å². The molecule has 3 fully saturated rings. The zero-order valence-electron chi connectivity index (χ0n) is 12.1. The Morgan fingerprint density at radius 1 is 1.00 bits per heavy atom. The zero-order chi connectivity index (χ0) is 13.3. The molecule has 3 aliphatic rings. The second kappa shape index (κ2) is 5.34. The van der Waals surface area contributed by atoms with Crippen molar-refractivity contribution in [3.8, 4) is 0 Å². The molecule has 1 spiro atoms.